The molecule has 0 aliphatic rings. The summed E-state index contributed by atoms with van der Waals surface area (Å²) in [6, 6.07) is 0. The third-order valence-corrected chi connectivity index (χ3v) is 1.16. The van der Waals surface area contributed by atoms with Gasteiger partial charge < -0.3 is 5.32 Å². The van der Waals surface area contributed by atoms with E-state index in [9.17, 15) is 4.79 Å². The predicted octanol–water partition coefficient (Wildman–Crippen LogP) is 0.926. The first-order valence-electron chi connectivity index (χ1n) is 3.41. The fraction of sp³-hybridized carbons (Fsp3) is 0.625. The third-order valence-electron chi connectivity index (χ3n) is 1.16. The Balaban J connectivity index is 3.17. The normalized spacial score (nSPS) is 7.80. The lowest BCUT2D eigenvalue weighted by atomic mass is 10.2. The van der Waals surface area contributed by atoms with Crippen molar-refractivity contribution in [2.24, 2.45) is 0 Å². The quantitative estimate of drug-likeness (QED) is 0.457. The molecule has 0 fully saturated rings. The zero-order valence-electron chi connectivity index (χ0n) is 6.53. The highest BCUT2D eigenvalue weighted by Crippen LogP contribution is 1.92. The van der Waals surface area contributed by atoms with Crippen LogP contribution in [0.1, 0.15) is 26.2 Å². The van der Waals surface area contributed by atoms with E-state index in [0.29, 0.717) is 6.42 Å². The van der Waals surface area contributed by atoms with E-state index in [4.69, 9.17) is 0 Å². The van der Waals surface area contributed by atoms with Crippen molar-refractivity contribution in [3.8, 4) is 11.8 Å². The van der Waals surface area contributed by atoms with E-state index in [1.54, 1.807) is 14.0 Å². The number of unbranched alkanes of at least 4 members (excludes halogenated alkanes) is 1. The van der Waals surface area contributed by atoms with Crippen molar-refractivity contribution < 1.29 is 4.79 Å². The van der Waals surface area contributed by atoms with Gasteiger partial charge in [-0.1, -0.05) is 0 Å². The highest BCUT2D eigenvalue weighted by atomic mass is 16.1. The number of carbonyl (C=O) groups is 1. The van der Waals surface area contributed by atoms with Gasteiger partial charge in [0.1, 0.15) is 0 Å². The Morgan fingerprint density at radius 1 is 1.60 bits per heavy atom. The summed E-state index contributed by atoms with van der Waals surface area (Å²) in [4.78, 5) is 10.6. The van der Waals surface area contributed by atoms with Crippen LogP contribution in [0.5, 0.6) is 0 Å². The molecule has 0 unspecified atom stereocenters. The fourth-order valence-electron chi connectivity index (χ4n) is 0.587. The maximum Gasteiger partial charge on any atom is 0.219 e. The predicted molar refractivity (Wildman–Crippen MR) is 41.4 cm³/mol. The van der Waals surface area contributed by atoms with Gasteiger partial charge in [0, 0.05) is 19.9 Å². The number of hydrogen-bond donors (Lipinski definition) is 1. The van der Waals surface area contributed by atoms with Crippen LogP contribution in [0.4, 0.5) is 0 Å². The molecular formula is C8H13NO. The summed E-state index contributed by atoms with van der Waals surface area (Å²) in [6.07, 6.45) is 2.27. The molecule has 0 aromatic carbocycles. The van der Waals surface area contributed by atoms with Gasteiger partial charge in [-0.25, -0.2) is 0 Å². The molecule has 0 bridgehead atoms. The summed E-state index contributed by atoms with van der Waals surface area (Å²) in [5.74, 6) is 5.77. The lowest BCUT2D eigenvalue weighted by Crippen LogP contribution is -2.16. The molecule has 0 aliphatic carbocycles. The van der Waals surface area contributed by atoms with Crippen LogP contribution in [-0.2, 0) is 4.79 Å². The van der Waals surface area contributed by atoms with Crippen molar-refractivity contribution in [2.45, 2.75) is 26.2 Å². The van der Waals surface area contributed by atoms with Gasteiger partial charge in [0.2, 0.25) is 5.91 Å². The number of rotatable bonds is 3. The van der Waals surface area contributed by atoms with Crippen LogP contribution < -0.4 is 5.32 Å². The topological polar surface area (TPSA) is 29.1 Å². The first kappa shape index (κ1) is 9.03. The van der Waals surface area contributed by atoms with Crippen molar-refractivity contribution in [1.82, 2.24) is 5.32 Å². The van der Waals surface area contributed by atoms with Crippen molar-refractivity contribution >= 4 is 5.91 Å². The van der Waals surface area contributed by atoms with Gasteiger partial charge in [0.15, 0.2) is 0 Å². The van der Waals surface area contributed by atoms with E-state index in [-0.39, 0.29) is 5.91 Å². The van der Waals surface area contributed by atoms with E-state index in [2.05, 4.69) is 17.2 Å². The molecule has 1 amide bonds. The number of nitrogens with one attached hydrogen (secondary N) is 1. The smallest absolute Gasteiger partial charge is 0.219 e. The first-order chi connectivity index (χ1) is 4.81. The molecule has 0 saturated carbocycles. The Labute approximate surface area is 62.0 Å². The highest BCUT2D eigenvalue weighted by Gasteiger charge is 1.93. The second-order valence-electron chi connectivity index (χ2n) is 1.95. The fourth-order valence-corrected chi connectivity index (χ4v) is 0.587. The second-order valence-corrected chi connectivity index (χ2v) is 1.95. The first-order valence-corrected chi connectivity index (χ1v) is 3.41. The Hall–Kier alpha value is -0.970. The van der Waals surface area contributed by atoms with Crippen LogP contribution in [0.15, 0.2) is 0 Å². The molecule has 0 aromatic rings. The summed E-state index contributed by atoms with van der Waals surface area (Å²) >= 11 is 0. The maximum atomic E-state index is 10.6. The molecule has 2 nitrogen and oxygen atoms in total. The lowest BCUT2D eigenvalue weighted by Gasteiger charge is -1.94. The number of carbonyl (C=O) groups excluding carboxylic acids is 1. The third kappa shape index (κ3) is 5.17. The van der Waals surface area contributed by atoms with Gasteiger partial charge in [-0.2, -0.15) is 0 Å². The summed E-state index contributed by atoms with van der Waals surface area (Å²) < 4.78 is 0. The minimum absolute atomic E-state index is 0.0953. The molecule has 2 heteroatoms. The molecule has 0 aromatic heterocycles. The zero-order valence-corrected chi connectivity index (χ0v) is 6.53. The van der Waals surface area contributed by atoms with Crippen LogP contribution >= 0.6 is 0 Å². The average Bonchev–Trinajstić information content (AvgIpc) is 1.98. The molecule has 10 heavy (non-hydrogen) atoms. The summed E-state index contributed by atoms with van der Waals surface area (Å²) in [5, 5.41) is 2.55. The van der Waals surface area contributed by atoms with E-state index >= 15 is 0 Å². The van der Waals surface area contributed by atoms with E-state index < -0.39 is 0 Å². The van der Waals surface area contributed by atoms with Gasteiger partial charge in [-0.05, 0) is 13.3 Å². The molecule has 0 rings (SSSR count). The molecule has 0 heterocycles. The summed E-state index contributed by atoms with van der Waals surface area (Å²) in [6.45, 7) is 1.81. The SMILES string of the molecule is CC#CCCCC(=O)NC. The van der Waals surface area contributed by atoms with E-state index in [0.717, 1.165) is 12.8 Å². The van der Waals surface area contributed by atoms with Crippen LogP contribution in [0.25, 0.3) is 0 Å². The number of amides is 1. The van der Waals surface area contributed by atoms with Crippen molar-refractivity contribution in [3.05, 3.63) is 0 Å². The average molecular weight is 139 g/mol. The largest absolute Gasteiger partial charge is 0.359 e. The van der Waals surface area contributed by atoms with E-state index in [1.807, 2.05) is 0 Å². The zero-order chi connectivity index (χ0) is 7.82. The monoisotopic (exact) mass is 139 g/mol. The molecule has 1 N–H and O–H groups in total. The molecule has 56 valence electrons. The van der Waals surface area contributed by atoms with Gasteiger partial charge in [0.25, 0.3) is 0 Å². The van der Waals surface area contributed by atoms with Crippen molar-refractivity contribution in [3.63, 3.8) is 0 Å². The van der Waals surface area contributed by atoms with Gasteiger partial charge in [-0.15, -0.1) is 11.8 Å². The highest BCUT2D eigenvalue weighted by molar-refractivity contribution is 5.75. The standard InChI is InChI=1S/C8H13NO/c1-3-4-5-6-7-8(10)9-2/h5-7H2,1-2H3,(H,9,10). The second kappa shape index (κ2) is 6.15. The summed E-state index contributed by atoms with van der Waals surface area (Å²) in [5.41, 5.74) is 0. The summed E-state index contributed by atoms with van der Waals surface area (Å²) in [7, 11) is 1.65. The Kier molecular flexibility index (Phi) is 5.56. The maximum absolute atomic E-state index is 10.6. The molecular weight excluding hydrogens is 126 g/mol. The van der Waals surface area contributed by atoms with Crippen LogP contribution in [0.3, 0.4) is 0 Å². The Morgan fingerprint density at radius 2 is 2.30 bits per heavy atom. The van der Waals surface area contributed by atoms with Crippen molar-refractivity contribution in [1.29, 1.82) is 0 Å². The molecule has 0 spiro atoms. The van der Waals surface area contributed by atoms with Gasteiger partial charge >= 0.3 is 0 Å². The Bertz CT molecular complexity index is 152. The molecule has 0 atom stereocenters. The van der Waals surface area contributed by atoms with Crippen molar-refractivity contribution in [2.75, 3.05) is 7.05 Å². The molecule has 0 aliphatic heterocycles. The van der Waals surface area contributed by atoms with Gasteiger partial charge in [-0.3, -0.25) is 4.79 Å². The minimum Gasteiger partial charge on any atom is -0.359 e. The Morgan fingerprint density at radius 3 is 2.80 bits per heavy atom. The molecule has 0 saturated heterocycles. The lowest BCUT2D eigenvalue weighted by molar-refractivity contribution is -0.120. The van der Waals surface area contributed by atoms with Crippen LogP contribution in [0.2, 0.25) is 0 Å². The van der Waals surface area contributed by atoms with Gasteiger partial charge in [0.05, 0.1) is 0 Å². The minimum atomic E-state index is 0.0953. The van der Waals surface area contributed by atoms with Crippen LogP contribution in [0, 0.1) is 11.8 Å². The van der Waals surface area contributed by atoms with Crippen LogP contribution in [-0.4, -0.2) is 13.0 Å². The number of hydrogen-bond acceptors (Lipinski definition) is 1. The van der Waals surface area contributed by atoms with E-state index in [1.165, 1.54) is 0 Å². The molecule has 0 radical (unpaired) electrons.